The lowest BCUT2D eigenvalue weighted by atomic mass is 9.95. The number of fused-ring (bicyclic) bond motifs is 3. The summed E-state index contributed by atoms with van der Waals surface area (Å²) in [6, 6.07) is 23.8. The number of aliphatic hydroxyl groups is 1. The largest absolute Gasteiger partial charge is 0.384 e. The number of nitrogens with zero attached hydrogens (tertiary/aromatic N) is 1. The molecule has 1 aromatic heterocycles. The number of rotatable bonds is 2. The predicted octanol–water partition coefficient (Wildman–Crippen LogP) is 6.62. The third-order valence-corrected chi connectivity index (χ3v) is 5.50. The maximum Gasteiger partial charge on any atom is 0.105 e. The van der Waals surface area contributed by atoms with Crippen LogP contribution in [0.1, 0.15) is 39.6 Å². The normalized spacial score (nSPS) is 15.3. The molecular formula is C26H18ClNO. The summed E-state index contributed by atoms with van der Waals surface area (Å²) in [6.07, 6.45) is 7.48. The van der Waals surface area contributed by atoms with Gasteiger partial charge in [0.1, 0.15) is 6.10 Å². The van der Waals surface area contributed by atoms with Gasteiger partial charge < -0.3 is 5.11 Å². The van der Waals surface area contributed by atoms with Gasteiger partial charge in [0.2, 0.25) is 0 Å². The zero-order valence-electron chi connectivity index (χ0n) is 15.6. The number of benzene rings is 3. The molecule has 0 radical (unpaired) electrons. The average molecular weight is 396 g/mol. The van der Waals surface area contributed by atoms with Gasteiger partial charge in [0, 0.05) is 10.4 Å². The number of aliphatic hydroxyl groups excluding tert-OH is 1. The van der Waals surface area contributed by atoms with Crippen LogP contribution in [0.15, 0.2) is 72.8 Å². The first-order valence-electron chi connectivity index (χ1n) is 9.51. The Bertz CT molecular complexity index is 1290. The predicted molar refractivity (Wildman–Crippen MR) is 122 cm³/mol. The summed E-state index contributed by atoms with van der Waals surface area (Å²) >= 11 is 6.09. The van der Waals surface area contributed by atoms with Crippen molar-refractivity contribution < 1.29 is 5.11 Å². The Morgan fingerprint density at radius 3 is 2.48 bits per heavy atom. The van der Waals surface area contributed by atoms with E-state index >= 15 is 0 Å². The smallest absolute Gasteiger partial charge is 0.105 e. The summed E-state index contributed by atoms with van der Waals surface area (Å²) in [6.45, 7) is 0. The minimum absolute atomic E-state index is 0.648. The maximum absolute atomic E-state index is 11.0. The fourth-order valence-corrected chi connectivity index (χ4v) is 3.89. The third-order valence-electron chi connectivity index (χ3n) is 5.26. The van der Waals surface area contributed by atoms with Crippen LogP contribution in [-0.2, 0) is 0 Å². The SMILES string of the molecule is OC1c2ccccc2C=Cc2ccc(C=Cc3ccc4ccc(Cl)cc4n3)cc21. The highest BCUT2D eigenvalue weighted by molar-refractivity contribution is 6.31. The molecule has 0 aliphatic heterocycles. The molecule has 1 unspecified atom stereocenters. The van der Waals surface area contributed by atoms with Crippen molar-refractivity contribution in [1.29, 1.82) is 0 Å². The molecule has 1 heterocycles. The Morgan fingerprint density at radius 1 is 0.793 bits per heavy atom. The molecule has 1 atom stereocenters. The van der Waals surface area contributed by atoms with Crippen molar-refractivity contribution in [3.63, 3.8) is 0 Å². The number of pyridine rings is 1. The topological polar surface area (TPSA) is 33.1 Å². The molecule has 4 aromatic rings. The van der Waals surface area contributed by atoms with Crippen LogP contribution in [0.3, 0.4) is 0 Å². The Labute approximate surface area is 174 Å². The molecule has 140 valence electrons. The highest BCUT2D eigenvalue weighted by Crippen LogP contribution is 2.33. The van der Waals surface area contributed by atoms with Gasteiger partial charge in [-0.15, -0.1) is 0 Å². The molecule has 1 N–H and O–H groups in total. The van der Waals surface area contributed by atoms with Gasteiger partial charge in [-0.25, -0.2) is 4.98 Å². The molecular weight excluding hydrogens is 378 g/mol. The van der Waals surface area contributed by atoms with Crippen LogP contribution in [0.5, 0.6) is 0 Å². The Morgan fingerprint density at radius 2 is 1.59 bits per heavy atom. The zero-order chi connectivity index (χ0) is 19.8. The summed E-state index contributed by atoms with van der Waals surface area (Å²) in [5, 5.41) is 12.7. The fraction of sp³-hybridized carbons (Fsp3) is 0.0385. The van der Waals surface area contributed by atoms with E-state index in [0.717, 1.165) is 44.4 Å². The lowest BCUT2D eigenvalue weighted by molar-refractivity contribution is 0.220. The minimum atomic E-state index is -0.648. The van der Waals surface area contributed by atoms with Crippen molar-refractivity contribution in [2.75, 3.05) is 0 Å². The number of halogens is 1. The minimum Gasteiger partial charge on any atom is -0.384 e. The van der Waals surface area contributed by atoms with Crippen LogP contribution in [0.25, 0.3) is 35.2 Å². The molecule has 0 spiro atoms. The standard InChI is InChI=1S/C26H18ClNO/c27-21-12-10-20-11-14-22(28-25(20)16-21)13-6-17-5-7-19-9-8-18-3-1-2-4-23(18)26(29)24(19)15-17/h1-16,26,29H. The van der Waals surface area contributed by atoms with Crippen molar-refractivity contribution in [3.05, 3.63) is 111 Å². The molecule has 0 fully saturated rings. The first kappa shape index (κ1) is 17.9. The first-order valence-corrected chi connectivity index (χ1v) is 9.89. The van der Waals surface area contributed by atoms with Crippen molar-refractivity contribution >= 4 is 46.8 Å². The molecule has 0 saturated heterocycles. The second-order valence-electron chi connectivity index (χ2n) is 7.16. The molecule has 0 bridgehead atoms. The van der Waals surface area contributed by atoms with Gasteiger partial charge in [-0.05, 0) is 58.2 Å². The van der Waals surface area contributed by atoms with Crippen LogP contribution in [0.2, 0.25) is 5.02 Å². The van der Waals surface area contributed by atoms with Crippen molar-refractivity contribution in [2.45, 2.75) is 6.10 Å². The second kappa shape index (κ2) is 7.32. The first-order chi connectivity index (χ1) is 14.2. The van der Waals surface area contributed by atoms with Gasteiger partial charge in [-0.1, -0.05) is 78.4 Å². The summed E-state index contributed by atoms with van der Waals surface area (Å²) in [5.74, 6) is 0. The molecule has 1 aliphatic carbocycles. The summed E-state index contributed by atoms with van der Waals surface area (Å²) in [7, 11) is 0. The van der Waals surface area contributed by atoms with Crippen molar-refractivity contribution in [1.82, 2.24) is 4.98 Å². The van der Waals surface area contributed by atoms with Crippen molar-refractivity contribution in [2.24, 2.45) is 0 Å². The van der Waals surface area contributed by atoms with E-state index in [1.165, 1.54) is 0 Å². The van der Waals surface area contributed by atoms with E-state index < -0.39 is 6.10 Å². The van der Waals surface area contributed by atoms with E-state index in [-0.39, 0.29) is 0 Å². The van der Waals surface area contributed by atoms with Crippen LogP contribution in [-0.4, -0.2) is 10.1 Å². The molecule has 0 amide bonds. The molecule has 3 aromatic carbocycles. The highest BCUT2D eigenvalue weighted by atomic mass is 35.5. The van der Waals surface area contributed by atoms with Crippen molar-refractivity contribution in [3.8, 4) is 0 Å². The Kier molecular flexibility index (Phi) is 4.51. The summed E-state index contributed by atoms with van der Waals surface area (Å²) in [5.41, 5.74) is 6.67. The quantitative estimate of drug-likeness (QED) is 0.413. The molecule has 0 saturated carbocycles. The van der Waals surface area contributed by atoms with E-state index in [2.05, 4.69) is 23.2 Å². The van der Waals surface area contributed by atoms with Gasteiger partial charge in [0.05, 0.1) is 11.2 Å². The lowest BCUT2D eigenvalue weighted by Gasteiger charge is -2.15. The van der Waals surface area contributed by atoms with Crippen LogP contribution < -0.4 is 0 Å². The molecule has 2 nitrogen and oxygen atoms in total. The van der Waals surface area contributed by atoms with Crippen LogP contribution in [0, 0.1) is 0 Å². The molecule has 3 heteroatoms. The van der Waals surface area contributed by atoms with E-state index in [0.29, 0.717) is 5.02 Å². The van der Waals surface area contributed by atoms with E-state index in [4.69, 9.17) is 11.6 Å². The highest BCUT2D eigenvalue weighted by Gasteiger charge is 2.18. The summed E-state index contributed by atoms with van der Waals surface area (Å²) in [4.78, 5) is 4.67. The van der Waals surface area contributed by atoms with Gasteiger partial charge in [0.25, 0.3) is 0 Å². The van der Waals surface area contributed by atoms with E-state index in [9.17, 15) is 5.11 Å². The van der Waals surface area contributed by atoms with Gasteiger partial charge in [-0.3, -0.25) is 0 Å². The number of hydrogen-bond acceptors (Lipinski definition) is 2. The molecule has 5 rings (SSSR count). The zero-order valence-corrected chi connectivity index (χ0v) is 16.3. The van der Waals surface area contributed by atoms with E-state index in [1.54, 1.807) is 0 Å². The third kappa shape index (κ3) is 3.49. The van der Waals surface area contributed by atoms with Crippen LogP contribution >= 0.6 is 11.6 Å². The monoisotopic (exact) mass is 395 g/mol. The summed E-state index contributed by atoms with van der Waals surface area (Å²) < 4.78 is 0. The second-order valence-corrected chi connectivity index (χ2v) is 7.60. The fourth-order valence-electron chi connectivity index (χ4n) is 3.72. The Hall–Kier alpha value is -3.20. The molecule has 29 heavy (non-hydrogen) atoms. The van der Waals surface area contributed by atoms with Gasteiger partial charge in [-0.2, -0.15) is 0 Å². The average Bonchev–Trinajstić information content (AvgIpc) is 2.89. The van der Waals surface area contributed by atoms with Crippen LogP contribution in [0.4, 0.5) is 0 Å². The van der Waals surface area contributed by atoms with Gasteiger partial charge in [0.15, 0.2) is 0 Å². The number of aromatic nitrogens is 1. The Balaban J connectivity index is 1.49. The number of hydrogen-bond donors (Lipinski definition) is 1. The van der Waals surface area contributed by atoms with E-state index in [1.807, 2.05) is 78.9 Å². The maximum atomic E-state index is 11.0. The lowest BCUT2D eigenvalue weighted by Crippen LogP contribution is -2.02. The molecule has 1 aliphatic rings. The van der Waals surface area contributed by atoms with Gasteiger partial charge >= 0.3 is 0 Å².